The highest BCUT2D eigenvalue weighted by molar-refractivity contribution is 5.18. The molecule has 2 fully saturated rings. The molecule has 0 bridgehead atoms. The van der Waals surface area contributed by atoms with E-state index in [2.05, 4.69) is 35.2 Å². The van der Waals surface area contributed by atoms with Gasteiger partial charge in [0, 0.05) is 6.61 Å². The Hall–Kier alpha value is -0.860. The zero-order valence-corrected chi connectivity index (χ0v) is 15.3. The third kappa shape index (κ3) is 5.60. The first-order chi connectivity index (χ1) is 11.9. The maximum absolute atomic E-state index is 6.44. The average molecular weight is 330 g/mol. The Morgan fingerprint density at radius 1 is 0.875 bits per heavy atom. The van der Waals surface area contributed by atoms with E-state index in [1.807, 2.05) is 0 Å². The number of hydrogen-bond donors (Lipinski definition) is 0. The standard InChI is InChI=1S/C22H35NO/c1-4-12-20(13-5-1)22(21-14-6-2-7-15-21)24-19-11-10-18-23-16-8-3-9-17-23/h1,4-5,12-13,21-22H,2-3,6-11,14-19H2. The maximum atomic E-state index is 6.44. The SMILES string of the molecule is c1ccc(C(OCCCCN2CCCCC2)C2CCCCC2)cc1. The molecule has 1 unspecified atom stereocenters. The Balaban J connectivity index is 1.43. The van der Waals surface area contributed by atoms with E-state index < -0.39 is 0 Å². The molecule has 1 aliphatic carbocycles. The molecule has 1 saturated carbocycles. The normalized spacial score (nSPS) is 21.7. The first-order valence-electron chi connectivity index (χ1n) is 10.3. The maximum Gasteiger partial charge on any atom is 0.0853 e. The molecule has 3 rings (SSSR count). The van der Waals surface area contributed by atoms with Crippen LogP contribution in [0.3, 0.4) is 0 Å². The molecule has 134 valence electrons. The number of unbranched alkanes of at least 4 members (excludes halogenated alkanes) is 1. The average Bonchev–Trinajstić information content (AvgIpc) is 2.67. The van der Waals surface area contributed by atoms with E-state index in [9.17, 15) is 0 Å². The second kappa shape index (κ2) is 10.2. The number of rotatable bonds is 8. The number of hydrogen-bond acceptors (Lipinski definition) is 2. The van der Waals surface area contributed by atoms with Crippen LogP contribution in [0.5, 0.6) is 0 Å². The molecule has 1 saturated heterocycles. The number of nitrogens with zero attached hydrogens (tertiary/aromatic N) is 1. The second-order valence-electron chi connectivity index (χ2n) is 7.71. The molecule has 2 aliphatic rings. The van der Waals surface area contributed by atoms with Crippen molar-refractivity contribution in [2.45, 2.75) is 70.3 Å². The Kier molecular flexibility index (Phi) is 7.63. The summed E-state index contributed by atoms with van der Waals surface area (Å²) in [5.74, 6) is 0.725. The van der Waals surface area contributed by atoms with Crippen molar-refractivity contribution in [2.75, 3.05) is 26.2 Å². The number of piperidine rings is 1. The van der Waals surface area contributed by atoms with Crippen LogP contribution in [-0.2, 0) is 4.74 Å². The molecule has 0 N–H and O–H groups in total. The van der Waals surface area contributed by atoms with Gasteiger partial charge in [-0.15, -0.1) is 0 Å². The van der Waals surface area contributed by atoms with Crippen molar-refractivity contribution in [2.24, 2.45) is 5.92 Å². The van der Waals surface area contributed by atoms with Gasteiger partial charge >= 0.3 is 0 Å². The van der Waals surface area contributed by atoms with Crippen molar-refractivity contribution < 1.29 is 4.74 Å². The molecular formula is C22H35NO. The van der Waals surface area contributed by atoms with Crippen molar-refractivity contribution >= 4 is 0 Å². The highest BCUT2D eigenvalue weighted by atomic mass is 16.5. The van der Waals surface area contributed by atoms with Crippen molar-refractivity contribution in [1.29, 1.82) is 0 Å². The molecule has 0 aromatic heterocycles. The van der Waals surface area contributed by atoms with Gasteiger partial charge in [-0.25, -0.2) is 0 Å². The summed E-state index contributed by atoms with van der Waals surface area (Å²) in [5.41, 5.74) is 1.39. The largest absolute Gasteiger partial charge is 0.373 e. The summed E-state index contributed by atoms with van der Waals surface area (Å²) in [4.78, 5) is 2.64. The fraction of sp³-hybridized carbons (Fsp3) is 0.727. The lowest BCUT2D eigenvalue weighted by Gasteiger charge is -2.31. The monoisotopic (exact) mass is 329 g/mol. The molecule has 2 heteroatoms. The zero-order chi connectivity index (χ0) is 16.5. The van der Waals surface area contributed by atoms with Crippen molar-refractivity contribution in [1.82, 2.24) is 4.90 Å². The Labute approximate surface area is 148 Å². The van der Waals surface area contributed by atoms with E-state index in [0.29, 0.717) is 6.10 Å². The predicted molar refractivity (Wildman–Crippen MR) is 101 cm³/mol. The third-order valence-electron chi connectivity index (χ3n) is 5.82. The molecule has 1 aromatic carbocycles. The van der Waals surface area contributed by atoms with Crippen LogP contribution in [0, 0.1) is 5.92 Å². The molecule has 1 aliphatic heterocycles. The highest BCUT2D eigenvalue weighted by Gasteiger charge is 2.25. The van der Waals surface area contributed by atoms with Gasteiger partial charge in [-0.1, -0.05) is 56.0 Å². The minimum Gasteiger partial charge on any atom is -0.373 e. The van der Waals surface area contributed by atoms with Crippen LogP contribution in [0.15, 0.2) is 30.3 Å². The van der Waals surface area contributed by atoms with Crippen LogP contribution < -0.4 is 0 Å². The Bertz CT molecular complexity index is 435. The van der Waals surface area contributed by atoms with Gasteiger partial charge in [0.25, 0.3) is 0 Å². The van der Waals surface area contributed by atoms with Gasteiger partial charge in [0.1, 0.15) is 0 Å². The Morgan fingerprint density at radius 2 is 1.58 bits per heavy atom. The molecule has 1 heterocycles. The molecular weight excluding hydrogens is 294 g/mol. The van der Waals surface area contributed by atoms with Crippen LogP contribution in [0.4, 0.5) is 0 Å². The minimum atomic E-state index is 0.321. The van der Waals surface area contributed by atoms with Gasteiger partial charge in [-0.3, -0.25) is 0 Å². The molecule has 0 radical (unpaired) electrons. The van der Waals surface area contributed by atoms with Crippen LogP contribution in [0.1, 0.15) is 75.9 Å². The topological polar surface area (TPSA) is 12.5 Å². The second-order valence-corrected chi connectivity index (χ2v) is 7.71. The molecule has 1 atom stereocenters. The van der Waals surface area contributed by atoms with E-state index in [1.165, 1.54) is 89.4 Å². The van der Waals surface area contributed by atoms with Gasteiger partial charge in [0.2, 0.25) is 0 Å². The fourth-order valence-corrected chi connectivity index (χ4v) is 4.41. The lowest BCUT2D eigenvalue weighted by atomic mass is 9.82. The summed E-state index contributed by atoms with van der Waals surface area (Å²) < 4.78 is 6.44. The molecule has 1 aromatic rings. The van der Waals surface area contributed by atoms with Crippen LogP contribution in [0.25, 0.3) is 0 Å². The van der Waals surface area contributed by atoms with Crippen molar-refractivity contribution in [3.8, 4) is 0 Å². The van der Waals surface area contributed by atoms with Gasteiger partial charge < -0.3 is 9.64 Å². The van der Waals surface area contributed by atoms with Crippen molar-refractivity contribution in [3.05, 3.63) is 35.9 Å². The summed E-state index contributed by atoms with van der Waals surface area (Å²) in [7, 11) is 0. The smallest absolute Gasteiger partial charge is 0.0853 e. The zero-order valence-electron chi connectivity index (χ0n) is 15.3. The summed E-state index contributed by atoms with van der Waals surface area (Å²) in [6.45, 7) is 4.82. The third-order valence-corrected chi connectivity index (χ3v) is 5.82. The fourth-order valence-electron chi connectivity index (χ4n) is 4.41. The molecule has 24 heavy (non-hydrogen) atoms. The quantitative estimate of drug-likeness (QED) is 0.576. The van der Waals surface area contributed by atoms with Crippen LogP contribution in [-0.4, -0.2) is 31.1 Å². The molecule has 0 amide bonds. The van der Waals surface area contributed by atoms with Gasteiger partial charge in [-0.2, -0.15) is 0 Å². The van der Waals surface area contributed by atoms with Gasteiger partial charge in [-0.05, 0) is 69.6 Å². The highest BCUT2D eigenvalue weighted by Crippen LogP contribution is 2.36. The van der Waals surface area contributed by atoms with E-state index in [0.717, 1.165) is 12.5 Å². The summed E-state index contributed by atoms with van der Waals surface area (Å²) >= 11 is 0. The Morgan fingerprint density at radius 3 is 2.33 bits per heavy atom. The van der Waals surface area contributed by atoms with Crippen LogP contribution >= 0.6 is 0 Å². The lowest BCUT2D eigenvalue weighted by molar-refractivity contribution is -0.00388. The minimum absolute atomic E-state index is 0.321. The predicted octanol–water partition coefficient (Wildman–Crippen LogP) is 5.59. The first kappa shape index (κ1) is 17.9. The lowest BCUT2D eigenvalue weighted by Crippen LogP contribution is -2.30. The van der Waals surface area contributed by atoms with Gasteiger partial charge in [0.15, 0.2) is 0 Å². The van der Waals surface area contributed by atoms with E-state index >= 15 is 0 Å². The summed E-state index contributed by atoms with van der Waals surface area (Å²) in [6, 6.07) is 10.9. The van der Waals surface area contributed by atoms with Gasteiger partial charge in [0.05, 0.1) is 6.10 Å². The number of ether oxygens (including phenoxy) is 1. The van der Waals surface area contributed by atoms with E-state index in [-0.39, 0.29) is 0 Å². The van der Waals surface area contributed by atoms with Crippen LogP contribution in [0.2, 0.25) is 0 Å². The number of likely N-dealkylation sites (tertiary alicyclic amines) is 1. The van der Waals surface area contributed by atoms with Crippen molar-refractivity contribution in [3.63, 3.8) is 0 Å². The van der Waals surface area contributed by atoms with E-state index in [1.54, 1.807) is 0 Å². The first-order valence-corrected chi connectivity index (χ1v) is 10.3. The van der Waals surface area contributed by atoms with E-state index in [4.69, 9.17) is 4.74 Å². The number of benzene rings is 1. The molecule has 0 spiro atoms. The molecule has 2 nitrogen and oxygen atoms in total. The summed E-state index contributed by atoms with van der Waals surface area (Å²) in [5, 5.41) is 0. The summed E-state index contributed by atoms with van der Waals surface area (Å²) in [6.07, 6.45) is 13.9.